The molecule has 5 nitrogen and oxygen atoms in total. The van der Waals surface area contributed by atoms with Gasteiger partial charge < -0.3 is 10.2 Å². The Balaban J connectivity index is 1.57. The van der Waals surface area contributed by atoms with Gasteiger partial charge in [-0.1, -0.05) is 47.6 Å². The second kappa shape index (κ2) is 6.13. The molecule has 1 aliphatic rings. The summed E-state index contributed by atoms with van der Waals surface area (Å²) in [4.78, 5) is 24.0. The van der Waals surface area contributed by atoms with E-state index in [2.05, 4.69) is 40.8 Å². The SMILES string of the molecule is C[C@H](CNC(=O)N1CC(c2ccc3ccccc3c2)C1)N=O. The quantitative estimate of drug-likeness (QED) is 0.881. The second-order valence-corrected chi connectivity index (χ2v) is 5.85. The minimum Gasteiger partial charge on any atom is -0.336 e. The van der Waals surface area contributed by atoms with Crippen molar-refractivity contribution in [3.05, 3.63) is 52.9 Å². The van der Waals surface area contributed by atoms with Gasteiger partial charge in [-0.25, -0.2) is 4.79 Å². The molecular formula is C17H19N3O2. The lowest BCUT2D eigenvalue weighted by Gasteiger charge is -2.39. The standard InChI is InChI=1S/C17H19N3O2/c1-12(19-22)9-18-17(21)20-10-16(11-20)15-7-6-13-4-2-3-5-14(13)8-15/h2-8,12,16H,9-11H2,1H3,(H,18,21)/t12-/m1/s1. The van der Waals surface area contributed by atoms with Crippen LogP contribution < -0.4 is 5.32 Å². The van der Waals surface area contributed by atoms with Crippen LogP contribution in [-0.2, 0) is 0 Å². The van der Waals surface area contributed by atoms with Gasteiger partial charge in [-0.3, -0.25) is 0 Å². The molecule has 0 aliphatic carbocycles. The van der Waals surface area contributed by atoms with E-state index in [-0.39, 0.29) is 12.1 Å². The van der Waals surface area contributed by atoms with E-state index >= 15 is 0 Å². The summed E-state index contributed by atoms with van der Waals surface area (Å²) in [6.45, 7) is 3.40. The third-order valence-corrected chi connectivity index (χ3v) is 4.14. The van der Waals surface area contributed by atoms with Crippen molar-refractivity contribution in [2.45, 2.75) is 18.9 Å². The largest absolute Gasteiger partial charge is 0.336 e. The van der Waals surface area contributed by atoms with Gasteiger partial charge in [-0.2, -0.15) is 4.91 Å². The lowest BCUT2D eigenvalue weighted by molar-refractivity contribution is 0.151. The van der Waals surface area contributed by atoms with Crippen molar-refractivity contribution in [1.29, 1.82) is 0 Å². The number of carbonyl (C=O) groups excluding carboxylic acids is 1. The Morgan fingerprint density at radius 2 is 2.00 bits per heavy atom. The van der Waals surface area contributed by atoms with Crippen LogP contribution in [0.15, 0.2) is 47.6 Å². The molecule has 1 atom stereocenters. The lowest BCUT2D eigenvalue weighted by atomic mass is 9.90. The summed E-state index contributed by atoms with van der Waals surface area (Å²) in [6, 6.07) is 14.2. The molecule has 1 aliphatic heterocycles. The van der Waals surface area contributed by atoms with Gasteiger partial charge in [0.1, 0.15) is 6.04 Å². The Kier molecular flexibility index (Phi) is 4.04. The minimum absolute atomic E-state index is 0.118. The molecule has 1 heterocycles. The third-order valence-electron chi connectivity index (χ3n) is 4.14. The third kappa shape index (κ3) is 2.93. The molecule has 0 bridgehead atoms. The van der Waals surface area contributed by atoms with Crippen LogP contribution in [0.25, 0.3) is 10.8 Å². The first kappa shape index (κ1) is 14.5. The fourth-order valence-corrected chi connectivity index (χ4v) is 2.70. The number of likely N-dealkylation sites (tertiary alicyclic amines) is 1. The smallest absolute Gasteiger partial charge is 0.317 e. The maximum absolute atomic E-state index is 11.9. The number of nitrogens with zero attached hydrogens (tertiary/aromatic N) is 2. The summed E-state index contributed by atoms with van der Waals surface area (Å²) < 4.78 is 0. The Morgan fingerprint density at radius 3 is 2.73 bits per heavy atom. The number of rotatable bonds is 4. The zero-order valence-electron chi connectivity index (χ0n) is 12.5. The molecule has 1 fully saturated rings. The first-order chi connectivity index (χ1) is 10.7. The van der Waals surface area contributed by atoms with Gasteiger partial charge >= 0.3 is 6.03 Å². The highest BCUT2D eigenvalue weighted by molar-refractivity contribution is 5.83. The maximum Gasteiger partial charge on any atom is 0.317 e. The predicted molar refractivity (Wildman–Crippen MR) is 86.9 cm³/mol. The van der Waals surface area contributed by atoms with Crippen LogP contribution in [0, 0.1) is 4.91 Å². The van der Waals surface area contributed by atoms with Gasteiger partial charge in [0.05, 0.1) is 0 Å². The fraction of sp³-hybridized carbons (Fsp3) is 0.353. The summed E-state index contributed by atoms with van der Waals surface area (Å²) in [5.74, 6) is 0.386. The highest BCUT2D eigenvalue weighted by Gasteiger charge is 2.31. The van der Waals surface area contributed by atoms with Crippen molar-refractivity contribution in [3.8, 4) is 0 Å². The second-order valence-electron chi connectivity index (χ2n) is 5.85. The van der Waals surface area contributed by atoms with Crippen LogP contribution in [-0.4, -0.2) is 36.6 Å². The molecule has 114 valence electrons. The fourth-order valence-electron chi connectivity index (χ4n) is 2.70. The van der Waals surface area contributed by atoms with E-state index in [4.69, 9.17) is 0 Å². The minimum atomic E-state index is -0.387. The first-order valence-electron chi connectivity index (χ1n) is 7.51. The van der Waals surface area contributed by atoms with Crippen LogP contribution in [0.1, 0.15) is 18.4 Å². The summed E-state index contributed by atoms with van der Waals surface area (Å²) >= 11 is 0. The molecular weight excluding hydrogens is 278 g/mol. The zero-order valence-corrected chi connectivity index (χ0v) is 12.5. The molecule has 1 saturated heterocycles. The number of benzene rings is 2. The molecule has 1 N–H and O–H groups in total. The van der Waals surface area contributed by atoms with Crippen molar-refractivity contribution in [3.63, 3.8) is 0 Å². The van der Waals surface area contributed by atoms with Gasteiger partial charge in [0, 0.05) is 25.6 Å². The summed E-state index contributed by atoms with van der Waals surface area (Å²) in [5, 5.41) is 8.06. The van der Waals surface area contributed by atoms with E-state index in [0.717, 1.165) is 0 Å². The number of nitrogens with one attached hydrogen (secondary N) is 1. The molecule has 0 aromatic heterocycles. The highest BCUT2D eigenvalue weighted by atomic mass is 16.3. The average molecular weight is 297 g/mol. The number of carbonyl (C=O) groups is 1. The van der Waals surface area contributed by atoms with Crippen LogP contribution in [0.3, 0.4) is 0 Å². The molecule has 3 rings (SSSR count). The average Bonchev–Trinajstić information content (AvgIpc) is 2.51. The topological polar surface area (TPSA) is 61.8 Å². The molecule has 2 aromatic carbocycles. The lowest BCUT2D eigenvalue weighted by Crippen LogP contribution is -2.53. The number of hydrogen-bond acceptors (Lipinski definition) is 3. The van der Waals surface area contributed by atoms with Crippen molar-refractivity contribution in [1.82, 2.24) is 10.2 Å². The monoisotopic (exact) mass is 297 g/mol. The van der Waals surface area contributed by atoms with Crippen LogP contribution in [0.5, 0.6) is 0 Å². The predicted octanol–water partition coefficient (Wildman–Crippen LogP) is 3.10. The Bertz CT molecular complexity index is 695. The molecule has 5 heteroatoms. The Hall–Kier alpha value is -2.43. The van der Waals surface area contributed by atoms with Crippen molar-refractivity contribution in [2.75, 3.05) is 19.6 Å². The number of hydrogen-bond donors (Lipinski definition) is 1. The van der Waals surface area contributed by atoms with E-state index in [0.29, 0.717) is 25.6 Å². The molecule has 22 heavy (non-hydrogen) atoms. The van der Waals surface area contributed by atoms with Gasteiger partial charge in [0.25, 0.3) is 0 Å². The van der Waals surface area contributed by atoms with E-state index in [9.17, 15) is 9.70 Å². The first-order valence-corrected chi connectivity index (χ1v) is 7.51. The molecule has 0 spiro atoms. The van der Waals surface area contributed by atoms with Gasteiger partial charge in [-0.15, -0.1) is 0 Å². The summed E-state index contributed by atoms with van der Waals surface area (Å²) in [6.07, 6.45) is 0. The normalized spacial score (nSPS) is 16.1. The molecule has 0 radical (unpaired) electrons. The van der Waals surface area contributed by atoms with Crippen LogP contribution >= 0.6 is 0 Å². The van der Waals surface area contributed by atoms with Gasteiger partial charge in [0.15, 0.2) is 0 Å². The van der Waals surface area contributed by atoms with Gasteiger partial charge in [0.2, 0.25) is 0 Å². The van der Waals surface area contributed by atoms with E-state index < -0.39 is 0 Å². The van der Waals surface area contributed by atoms with Crippen LogP contribution in [0.4, 0.5) is 4.79 Å². The van der Waals surface area contributed by atoms with Crippen molar-refractivity contribution >= 4 is 16.8 Å². The molecule has 2 amide bonds. The van der Waals surface area contributed by atoms with Crippen molar-refractivity contribution in [2.24, 2.45) is 5.18 Å². The van der Waals surface area contributed by atoms with E-state index in [1.807, 2.05) is 12.1 Å². The van der Waals surface area contributed by atoms with Gasteiger partial charge in [-0.05, 0) is 23.3 Å². The summed E-state index contributed by atoms with van der Waals surface area (Å²) in [7, 11) is 0. The van der Waals surface area contributed by atoms with E-state index in [1.54, 1.807) is 11.8 Å². The van der Waals surface area contributed by atoms with Crippen molar-refractivity contribution < 1.29 is 4.79 Å². The number of nitroso groups, excluding NO2 is 1. The summed E-state index contributed by atoms with van der Waals surface area (Å²) in [5.41, 5.74) is 1.27. The number of amides is 2. The molecule has 2 aromatic rings. The van der Waals surface area contributed by atoms with E-state index in [1.165, 1.54) is 16.3 Å². The highest BCUT2D eigenvalue weighted by Crippen LogP contribution is 2.29. The van der Waals surface area contributed by atoms with Crippen LogP contribution in [0.2, 0.25) is 0 Å². The molecule has 0 unspecified atom stereocenters. The Morgan fingerprint density at radius 1 is 1.27 bits per heavy atom. The maximum atomic E-state index is 11.9. The molecule has 0 saturated carbocycles. The Labute approximate surface area is 129 Å². The number of fused-ring (bicyclic) bond motifs is 1. The zero-order chi connectivity index (χ0) is 15.5. The number of urea groups is 1.